The third-order valence-corrected chi connectivity index (χ3v) is 1.82. The average molecular weight is 161 g/mol. The Morgan fingerprint density at radius 1 is 1.67 bits per heavy atom. The van der Waals surface area contributed by atoms with Gasteiger partial charge < -0.3 is 4.98 Å². The summed E-state index contributed by atoms with van der Waals surface area (Å²) in [6, 6.07) is 4.15. The molecule has 1 nitrogen and oxygen atoms in total. The van der Waals surface area contributed by atoms with Gasteiger partial charge in [0.15, 0.2) is 0 Å². The summed E-state index contributed by atoms with van der Waals surface area (Å²) < 4.78 is 0. The van der Waals surface area contributed by atoms with Crippen LogP contribution in [-0.2, 0) is 6.42 Å². The van der Waals surface area contributed by atoms with Gasteiger partial charge >= 0.3 is 0 Å². The molecule has 1 aromatic heterocycles. The minimum absolute atomic E-state index is 1.08. The first-order chi connectivity index (χ1) is 5.83. The predicted octanol–water partition coefficient (Wildman–Crippen LogP) is 3.07. The molecule has 0 aliphatic rings. The van der Waals surface area contributed by atoms with Crippen LogP contribution < -0.4 is 0 Å². The van der Waals surface area contributed by atoms with Crippen LogP contribution in [0.4, 0.5) is 0 Å². The van der Waals surface area contributed by atoms with Gasteiger partial charge in [0, 0.05) is 11.9 Å². The Kier molecular flexibility index (Phi) is 3.43. The van der Waals surface area contributed by atoms with Gasteiger partial charge in [-0.1, -0.05) is 0 Å². The number of H-pyrrole nitrogens is 1. The lowest BCUT2D eigenvalue weighted by Gasteiger charge is -1.95. The largest absolute Gasteiger partial charge is 0.365 e. The van der Waals surface area contributed by atoms with Crippen LogP contribution in [-0.4, -0.2) is 4.98 Å². The third kappa shape index (κ3) is 2.81. The van der Waals surface area contributed by atoms with E-state index in [1.165, 1.54) is 11.3 Å². The van der Waals surface area contributed by atoms with Crippen LogP contribution in [0.5, 0.6) is 0 Å². The Bertz CT molecular complexity index is 274. The highest BCUT2D eigenvalue weighted by molar-refractivity contribution is 5.07. The van der Waals surface area contributed by atoms with Crippen molar-refractivity contribution in [1.82, 2.24) is 4.98 Å². The predicted molar refractivity (Wildman–Crippen MR) is 52.1 cm³/mol. The summed E-state index contributed by atoms with van der Waals surface area (Å²) in [5, 5.41) is 0. The molecule has 0 aromatic carbocycles. The van der Waals surface area contributed by atoms with Crippen LogP contribution in [0.2, 0.25) is 0 Å². The SMILES string of the molecule is CC=C=C(C)CCc1ccc[nH]1. The zero-order valence-electron chi connectivity index (χ0n) is 7.72. The highest BCUT2D eigenvalue weighted by Crippen LogP contribution is 2.05. The molecule has 1 heterocycles. The lowest BCUT2D eigenvalue weighted by Crippen LogP contribution is -1.84. The van der Waals surface area contributed by atoms with Crippen molar-refractivity contribution in [1.29, 1.82) is 0 Å². The van der Waals surface area contributed by atoms with Gasteiger partial charge in [0.1, 0.15) is 0 Å². The number of aromatic nitrogens is 1. The fourth-order valence-corrected chi connectivity index (χ4v) is 1.16. The van der Waals surface area contributed by atoms with Gasteiger partial charge in [0.2, 0.25) is 0 Å². The number of aromatic amines is 1. The molecule has 0 saturated heterocycles. The van der Waals surface area contributed by atoms with Crippen LogP contribution in [0.1, 0.15) is 26.0 Å². The number of hydrogen-bond donors (Lipinski definition) is 1. The first-order valence-electron chi connectivity index (χ1n) is 4.32. The van der Waals surface area contributed by atoms with Crippen LogP contribution in [0.25, 0.3) is 0 Å². The second kappa shape index (κ2) is 4.63. The third-order valence-electron chi connectivity index (χ3n) is 1.82. The molecule has 0 fully saturated rings. The molecule has 1 rings (SSSR count). The van der Waals surface area contributed by atoms with Crippen LogP contribution >= 0.6 is 0 Å². The molecule has 0 saturated carbocycles. The van der Waals surface area contributed by atoms with E-state index in [0.717, 1.165) is 12.8 Å². The normalized spacial score (nSPS) is 9.17. The molecule has 0 amide bonds. The molecule has 0 bridgehead atoms. The smallest absolute Gasteiger partial charge is 0.0150 e. The van der Waals surface area contributed by atoms with Crippen molar-refractivity contribution < 1.29 is 0 Å². The standard InChI is InChI=1S/C11H15N/c1-3-5-10(2)7-8-11-6-4-9-12-11/h3-4,6,9,12H,7-8H2,1-2H3. The second-order valence-corrected chi connectivity index (χ2v) is 2.91. The molecule has 0 radical (unpaired) electrons. The first-order valence-corrected chi connectivity index (χ1v) is 4.32. The van der Waals surface area contributed by atoms with Crippen molar-refractivity contribution in [3.05, 3.63) is 41.4 Å². The van der Waals surface area contributed by atoms with Gasteiger partial charge in [-0.3, -0.25) is 0 Å². The minimum atomic E-state index is 1.08. The highest BCUT2D eigenvalue weighted by Gasteiger charge is 1.92. The van der Waals surface area contributed by atoms with E-state index in [1.54, 1.807) is 0 Å². The topological polar surface area (TPSA) is 15.8 Å². The molecule has 0 aliphatic heterocycles. The second-order valence-electron chi connectivity index (χ2n) is 2.91. The monoisotopic (exact) mass is 161 g/mol. The minimum Gasteiger partial charge on any atom is -0.365 e. The van der Waals surface area contributed by atoms with E-state index in [9.17, 15) is 0 Å². The fourth-order valence-electron chi connectivity index (χ4n) is 1.16. The molecule has 0 unspecified atom stereocenters. The fraction of sp³-hybridized carbons (Fsp3) is 0.364. The number of aryl methyl sites for hydroxylation is 1. The van der Waals surface area contributed by atoms with E-state index in [2.05, 4.69) is 23.7 Å². The van der Waals surface area contributed by atoms with E-state index in [4.69, 9.17) is 0 Å². The van der Waals surface area contributed by atoms with E-state index >= 15 is 0 Å². The van der Waals surface area contributed by atoms with Crippen molar-refractivity contribution in [2.24, 2.45) is 0 Å². The number of nitrogens with one attached hydrogen (secondary N) is 1. The molecule has 1 aromatic rings. The van der Waals surface area contributed by atoms with E-state index in [-0.39, 0.29) is 0 Å². The summed E-state index contributed by atoms with van der Waals surface area (Å²) in [5.41, 5.74) is 5.80. The zero-order valence-corrected chi connectivity index (χ0v) is 7.72. The van der Waals surface area contributed by atoms with Crippen LogP contribution in [0.15, 0.2) is 35.7 Å². The van der Waals surface area contributed by atoms with Gasteiger partial charge in [0.25, 0.3) is 0 Å². The Morgan fingerprint density at radius 3 is 3.08 bits per heavy atom. The summed E-state index contributed by atoms with van der Waals surface area (Å²) in [6.07, 6.45) is 6.10. The molecule has 0 aliphatic carbocycles. The molecule has 0 spiro atoms. The molecule has 1 heteroatoms. The quantitative estimate of drug-likeness (QED) is 0.656. The van der Waals surface area contributed by atoms with Gasteiger partial charge in [-0.2, -0.15) is 0 Å². The maximum Gasteiger partial charge on any atom is 0.0150 e. The Labute approximate surface area is 73.8 Å². The van der Waals surface area contributed by atoms with Crippen LogP contribution in [0.3, 0.4) is 0 Å². The lowest BCUT2D eigenvalue weighted by molar-refractivity contribution is 0.912. The van der Waals surface area contributed by atoms with Crippen molar-refractivity contribution in [2.45, 2.75) is 26.7 Å². The van der Waals surface area contributed by atoms with Crippen molar-refractivity contribution in [2.75, 3.05) is 0 Å². The van der Waals surface area contributed by atoms with Crippen molar-refractivity contribution in [3.8, 4) is 0 Å². The van der Waals surface area contributed by atoms with E-state index in [0.29, 0.717) is 0 Å². The maximum absolute atomic E-state index is 3.19. The summed E-state index contributed by atoms with van der Waals surface area (Å²) >= 11 is 0. The Balaban J connectivity index is 2.42. The average Bonchev–Trinajstić information content (AvgIpc) is 2.53. The van der Waals surface area contributed by atoms with Gasteiger partial charge in [-0.05, 0) is 50.5 Å². The number of rotatable bonds is 3. The van der Waals surface area contributed by atoms with Crippen molar-refractivity contribution in [3.63, 3.8) is 0 Å². The Morgan fingerprint density at radius 2 is 2.50 bits per heavy atom. The first kappa shape index (κ1) is 8.89. The van der Waals surface area contributed by atoms with Gasteiger partial charge in [0.05, 0.1) is 0 Å². The maximum atomic E-state index is 3.19. The molecule has 0 atom stereocenters. The van der Waals surface area contributed by atoms with Crippen LogP contribution in [0, 0.1) is 0 Å². The van der Waals surface area contributed by atoms with Gasteiger partial charge in [-0.25, -0.2) is 0 Å². The highest BCUT2D eigenvalue weighted by atomic mass is 14.7. The van der Waals surface area contributed by atoms with E-state index < -0.39 is 0 Å². The molecule has 64 valence electrons. The molecular weight excluding hydrogens is 146 g/mol. The zero-order chi connectivity index (χ0) is 8.81. The lowest BCUT2D eigenvalue weighted by atomic mass is 10.1. The number of hydrogen-bond acceptors (Lipinski definition) is 0. The Hall–Kier alpha value is -1.20. The molecule has 1 N–H and O–H groups in total. The summed E-state index contributed by atoms with van der Waals surface area (Å²) in [6.45, 7) is 4.11. The summed E-state index contributed by atoms with van der Waals surface area (Å²) in [5.74, 6) is 0. The molecule has 12 heavy (non-hydrogen) atoms. The summed E-state index contributed by atoms with van der Waals surface area (Å²) in [4.78, 5) is 3.18. The van der Waals surface area contributed by atoms with Crippen molar-refractivity contribution >= 4 is 0 Å². The van der Waals surface area contributed by atoms with E-state index in [1.807, 2.05) is 25.3 Å². The number of allylic oxidation sites excluding steroid dienone is 1. The van der Waals surface area contributed by atoms with Gasteiger partial charge in [-0.15, -0.1) is 5.73 Å². The molecular formula is C11H15N. The summed E-state index contributed by atoms with van der Waals surface area (Å²) in [7, 11) is 0.